The molecule has 0 aromatic carbocycles. The third-order valence-electron chi connectivity index (χ3n) is 3.04. The maximum Gasteiger partial charge on any atom is 0.274 e. The topological polar surface area (TPSA) is 105 Å². The highest BCUT2D eigenvalue weighted by Gasteiger charge is 2.20. The van der Waals surface area contributed by atoms with E-state index >= 15 is 0 Å². The number of nitrogens with zero attached hydrogens (tertiary/aromatic N) is 3. The molecule has 9 heteroatoms. The van der Waals surface area contributed by atoms with Crippen molar-refractivity contribution >= 4 is 40.1 Å². The number of halogens is 1. The van der Waals surface area contributed by atoms with Crippen LogP contribution in [-0.4, -0.2) is 38.3 Å². The van der Waals surface area contributed by atoms with Crippen LogP contribution in [0.15, 0.2) is 12.4 Å². The Morgan fingerprint density at radius 1 is 1.39 bits per heavy atom. The van der Waals surface area contributed by atoms with Gasteiger partial charge in [0, 0.05) is 19.3 Å². The molecular formula is C14H19IN6O2. The Balaban J connectivity index is 2.20. The molecule has 0 spiro atoms. The van der Waals surface area contributed by atoms with E-state index in [1.54, 1.807) is 17.1 Å². The number of amides is 2. The molecule has 0 radical (unpaired) electrons. The number of aromatic amines is 1. The average Bonchev–Trinajstić information content (AvgIpc) is 3.10. The molecule has 0 saturated carbocycles. The molecule has 2 rings (SSSR count). The first-order valence-corrected chi connectivity index (χ1v) is 8.36. The van der Waals surface area contributed by atoms with Gasteiger partial charge in [0.1, 0.15) is 5.69 Å². The van der Waals surface area contributed by atoms with Crippen LogP contribution in [0.25, 0.3) is 0 Å². The molecule has 0 aliphatic rings. The van der Waals surface area contributed by atoms with E-state index in [-0.39, 0.29) is 17.5 Å². The summed E-state index contributed by atoms with van der Waals surface area (Å²) >= 11 is 2.01. The lowest BCUT2D eigenvalue weighted by atomic mass is 10.2. The zero-order valence-corrected chi connectivity index (χ0v) is 15.3. The second-order valence-corrected chi connectivity index (χ2v) is 6.56. The van der Waals surface area contributed by atoms with E-state index in [9.17, 15) is 9.59 Å². The Hall–Kier alpha value is -1.91. The van der Waals surface area contributed by atoms with Gasteiger partial charge in [-0.25, -0.2) is 0 Å². The first-order valence-electron chi connectivity index (χ1n) is 7.28. The van der Waals surface area contributed by atoms with E-state index in [1.165, 1.54) is 0 Å². The lowest BCUT2D eigenvalue weighted by molar-refractivity contribution is 0.0944. The highest BCUT2D eigenvalue weighted by Crippen LogP contribution is 2.17. The number of hydrogen-bond acceptors (Lipinski definition) is 4. The number of H-pyrrole nitrogens is 1. The van der Waals surface area contributed by atoms with E-state index in [1.807, 2.05) is 43.4 Å². The molecule has 2 aromatic rings. The van der Waals surface area contributed by atoms with Crippen molar-refractivity contribution in [1.82, 2.24) is 25.3 Å². The van der Waals surface area contributed by atoms with Crippen LogP contribution in [0.3, 0.4) is 0 Å². The van der Waals surface area contributed by atoms with Gasteiger partial charge in [0.2, 0.25) is 0 Å². The Morgan fingerprint density at radius 2 is 2.13 bits per heavy atom. The third-order valence-corrected chi connectivity index (χ3v) is 3.86. The number of carbonyl (C=O) groups excluding carboxylic acids is 2. The van der Waals surface area contributed by atoms with E-state index in [0.717, 1.165) is 0 Å². The summed E-state index contributed by atoms with van der Waals surface area (Å²) in [7, 11) is 0. The Labute approximate surface area is 147 Å². The average molecular weight is 430 g/mol. The summed E-state index contributed by atoms with van der Waals surface area (Å²) in [6.07, 6.45) is 3.20. The second kappa shape index (κ2) is 7.57. The molecule has 2 amide bonds. The first kappa shape index (κ1) is 17.4. The molecule has 8 nitrogen and oxygen atoms in total. The van der Waals surface area contributed by atoms with Gasteiger partial charge >= 0.3 is 0 Å². The predicted octanol–water partition coefficient (Wildman–Crippen LogP) is 1.87. The lowest BCUT2D eigenvalue weighted by Gasteiger charge is -2.07. The van der Waals surface area contributed by atoms with Gasteiger partial charge in [-0.1, -0.05) is 13.8 Å². The van der Waals surface area contributed by atoms with E-state index in [2.05, 4.69) is 25.9 Å². The van der Waals surface area contributed by atoms with Gasteiger partial charge in [-0.2, -0.15) is 10.2 Å². The minimum absolute atomic E-state index is 0.204. The zero-order chi connectivity index (χ0) is 17.0. The molecule has 0 unspecified atom stereocenters. The van der Waals surface area contributed by atoms with Crippen LogP contribution < -0.4 is 10.6 Å². The molecule has 2 aromatic heterocycles. The monoisotopic (exact) mass is 430 g/mol. The fourth-order valence-electron chi connectivity index (χ4n) is 1.84. The van der Waals surface area contributed by atoms with E-state index in [0.29, 0.717) is 34.0 Å². The number of aryl methyl sites for hydroxylation is 1. The molecule has 0 aliphatic heterocycles. The fraction of sp³-hybridized carbons (Fsp3) is 0.429. The van der Waals surface area contributed by atoms with Gasteiger partial charge < -0.3 is 10.6 Å². The van der Waals surface area contributed by atoms with Gasteiger partial charge in [-0.3, -0.25) is 19.4 Å². The fourth-order valence-corrected chi connectivity index (χ4v) is 2.34. The Bertz CT molecular complexity index is 706. The molecule has 23 heavy (non-hydrogen) atoms. The molecule has 124 valence electrons. The van der Waals surface area contributed by atoms with Crippen molar-refractivity contribution in [3.8, 4) is 0 Å². The molecule has 0 bridgehead atoms. The van der Waals surface area contributed by atoms with Crippen LogP contribution in [0.2, 0.25) is 0 Å². The summed E-state index contributed by atoms with van der Waals surface area (Å²) < 4.78 is 2.31. The van der Waals surface area contributed by atoms with E-state index in [4.69, 9.17) is 0 Å². The number of anilines is 1. The van der Waals surface area contributed by atoms with Gasteiger partial charge in [0.05, 0.1) is 15.5 Å². The maximum absolute atomic E-state index is 12.3. The molecule has 0 fully saturated rings. The summed E-state index contributed by atoms with van der Waals surface area (Å²) in [6, 6.07) is 0. The smallest absolute Gasteiger partial charge is 0.274 e. The quantitative estimate of drug-likeness (QED) is 0.609. The summed E-state index contributed by atoms with van der Waals surface area (Å²) in [5.74, 6) is -0.335. The zero-order valence-electron chi connectivity index (χ0n) is 13.2. The van der Waals surface area contributed by atoms with Gasteiger partial charge in [-0.05, 0) is 35.4 Å². The van der Waals surface area contributed by atoms with Crippen molar-refractivity contribution in [2.45, 2.75) is 27.3 Å². The number of aromatic nitrogens is 4. The Kier molecular flexibility index (Phi) is 5.74. The van der Waals surface area contributed by atoms with Crippen molar-refractivity contribution in [2.75, 3.05) is 11.9 Å². The number of hydrogen-bond donors (Lipinski definition) is 3. The standard InChI is InChI=1S/C14H19IN6O2/c1-4-21-7-10(12(20-21)13(22)16-5-8(2)3)18-14(23)11-9(15)6-17-19-11/h6-8H,4-5H2,1-3H3,(H,16,22)(H,17,19)(H,18,23). The van der Waals surface area contributed by atoms with Gasteiger partial charge in [0.25, 0.3) is 11.8 Å². The summed E-state index contributed by atoms with van der Waals surface area (Å²) in [5.41, 5.74) is 0.933. The van der Waals surface area contributed by atoms with Crippen LogP contribution in [0.4, 0.5) is 5.69 Å². The minimum Gasteiger partial charge on any atom is -0.350 e. The molecular weight excluding hydrogens is 411 g/mol. The second-order valence-electron chi connectivity index (χ2n) is 5.40. The predicted molar refractivity (Wildman–Crippen MR) is 94.3 cm³/mol. The highest BCUT2D eigenvalue weighted by atomic mass is 127. The maximum atomic E-state index is 12.3. The minimum atomic E-state index is -0.361. The molecule has 0 aliphatic carbocycles. The third kappa shape index (κ3) is 4.30. The normalized spacial score (nSPS) is 10.8. The highest BCUT2D eigenvalue weighted by molar-refractivity contribution is 14.1. The molecule has 0 saturated heterocycles. The molecule has 0 atom stereocenters. The number of carbonyl (C=O) groups is 2. The van der Waals surface area contributed by atoms with Gasteiger partial charge in [-0.15, -0.1) is 0 Å². The van der Waals surface area contributed by atoms with Crippen molar-refractivity contribution in [3.63, 3.8) is 0 Å². The summed E-state index contributed by atoms with van der Waals surface area (Å²) in [6.45, 7) is 7.07. The summed E-state index contributed by atoms with van der Waals surface area (Å²) in [5, 5.41) is 16.2. The molecule has 2 heterocycles. The van der Waals surface area contributed by atoms with E-state index < -0.39 is 0 Å². The number of nitrogens with one attached hydrogen (secondary N) is 3. The lowest BCUT2D eigenvalue weighted by Crippen LogP contribution is -2.29. The Morgan fingerprint density at radius 3 is 2.70 bits per heavy atom. The number of rotatable bonds is 6. The van der Waals surface area contributed by atoms with Crippen molar-refractivity contribution in [1.29, 1.82) is 0 Å². The largest absolute Gasteiger partial charge is 0.350 e. The first-order chi connectivity index (χ1) is 10.9. The SMILES string of the molecule is CCn1cc(NC(=O)c2[nH]ncc2I)c(C(=O)NCC(C)C)n1. The van der Waals surface area contributed by atoms with Crippen molar-refractivity contribution in [2.24, 2.45) is 5.92 Å². The summed E-state index contributed by atoms with van der Waals surface area (Å²) in [4.78, 5) is 24.6. The molecule has 3 N–H and O–H groups in total. The van der Waals surface area contributed by atoms with Crippen LogP contribution in [-0.2, 0) is 6.54 Å². The van der Waals surface area contributed by atoms with Gasteiger partial charge in [0.15, 0.2) is 5.69 Å². The van der Waals surface area contributed by atoms with Crippen LogP contribution >= 0.6 is 22.6 Å². The van der Waals surface area contributed by atoms with Crippen LogP contribution in [0, 0.1) is 9.49 Å². The van der Waals surface area contributed by atoms with Crippen LogP contribution in [0.1, 0.15) is 41.7 Å². The van der Waals surface area contributed by atoms with Crippen LogP contribution in [0.5, 0.6) is 0 Å². The van der Waals surface area contributed by atoms with Crippen molar-refractivity contribution in [3.05, 3.63) is 27.4 Å². The van der Waals surface area contributed by atoms with Crippen molar-refractivity contribution < 1.29 is 9.59 Å².